The van der Waals surface area contributed by atoms with Crippen LogP contribution in [0.1, 0.15) is 29.2 Å². The second-order valence-electron chi connectivity index (χ2n) is 4.32. The fourth-order valence-corrected chi connectivity index (χ4v) is 2.20. The first kappa shape index (κ1) is 12.5. The molecule has 0 saturated carbocycles. The van der Waals surface area contributed by atoms with Gasteiger partial charge in [-0.25, -0.2) is 0 Å². The maximum absolute atomic E-state index is 5.85. The van der Waals surface area contributed by atoms with Crippen molar-refractivity contribution in [3.8, 4) is 0 Å². The number of aryl methyl sites for hydroxylation is 2. The number of halogens is 1. The van der Waals surface area contributed by atoms with Gasteiger partial charge in [0.1, 0.15) is 0 Å². The van der Waals surface area contributed by atoms with Gasteiger partial charge in [-0.05, 0) is 45.5 Å². The lowest BCUT2D eigenvalue weighted by molar-refractivity contribution is 0.292. The molecule has 1 unspecified atom stereocenters. The zero-order valence-corrected chi connectivity index (χ0v) is 10.8. The fraction of sp³-hybridized carbons (Fsp3) is 0.538. The Balaban J connectivity index is 3.00. The Labute approximate surface area is 98.0 Å². The minimum atomic E-state index is 0.433. The van der Waals surface area contributed by atoms with E-state index in [2.05, 4.69) is 51.0 Å². The van der Waals surface area contributed by atoms with E-state index < -0.39 is 0 Å². The van der Waals surface area contributed by atoms with Crippen LogP contribution in [0, 0.1) is 13.8 Å². The molecule has 0 saturated heterocycles. The van der Waals surface area contributed by atoms with E-state index in [1.165, 1.54) is 16.7 Å². The van der Waals surface area contributed by atoms with Crippen LogP contribution in [0.4, 0.5) is 0 Å². The van der Waals surface area contributed by atoms with Crippen LogP contribution >= 0.6 is 11.6 Å². The Morgan fingerprint density at radius 1 is 1.27 bits per heavy atom. The lowest BCUT2D eigenvalue weighted by Gasteiger charge is -2.25. The quantitative estimate of drug-likeness (QED) is 0.709. The van der Waals surface area contributed by atoms with Crippen LogP contribution in [0.15, 0.2) is 18.2 Å². The van der Waals surface area contributed by atoms with Gasteiger partial charge in [0.15, 0.2) is 0 Å². The first-order valence-corrected chi connectivity index (χ1v) is 5.89. The summed E-state index contributed by atoms with van der Waals surface area (Å²) in [5.41, 5.74) is 4.07. The number of alkyl halides is 1. The molecule has 84 valence electrons. The summed E-state index contributed by atoms with van der Waals surface area (Å²) in [6.07, 6.45) is 0.998. The minimum Gasteiger partial charge on any atom is -0.302 e. The molecule has 0 amide bonds. The summed E-state index contributed by atoms with van der Waals surface area (Å²) in [6.45, 7) is 4.30. The topological polar surface area (TPSA) is 3.24 Å². The Morgan fingerprint density at radius 2 is 1.93 bits per heavy atom. The zero-order chi connectivity index (χ0) is 11.4. The third-order valence-electron chi connectivity index (χ3n) is 2.79. The molecule has 0 spiro atoms. The summed E-state index contributed by atoms with van der Waals surface area (Å²) < 4.78 is 0. The standard InChI is InChI=1S/C13H20ClN/c1-10-5-6-12(11(2)9-10)13(7-8-14)15(3)4/h5-6,9,13H,7-8H2,1-4H3. The van der Waals surface area contributed by atoms with Gasteiger partial charge in [-0.3, -0.25) is 0 Å². The molecular formula is C13H20ClN. The number of hydrogen-bond acceptors (Lipinski definition) is 1. The van der Waals surface area contributed by atoms with Crippen LogP contribution in [0.3, 0.4) is 0 Å². The van der Waals surface area contributed by atoms with E-state index in [9.17, 15) is 0 Å². The average molecular weight is 226 g/mol. The molecular weight excluding hydrogens is 206 g/mol. The van der Waals surface area contributed by atoms with Gasteiger partial charge in [-0.2, -0.15) is 0 Å². The SMILES string of the molecule is Cc1ccc(C(CCCl)N(C)C)c(C)c1. The van der Waals surface area contributed by atoms with Crippen molar-refractivity contribution in [2.45, 2.75) is 26.3 Å². The van der Waals surface area contributed by atoms with Gasteiger partial charge in [0.2, 0.25) is 0 Å². The second-order valence-corrected chi connectivity index (χ2v) is 4.70. The highest BCUT2D eigenvalue weighted by atomic mass is 35.5. The maximum atomic E-state index is 5.85. The first-order chi connectivity index (χ1) is 7.06. The Morgan fingerprint density at radius 3 is 2.40 bits per heavy atom. The number of hydrogen-bond donors (Lipinski definition) is 0. The lowest BCUT2D eigenvalue weighted by Crippen LogP contribution is -2.21. The van der Waals surface area contributed by atoms with E-state index in [1.54, 1.807) is 0 Å². The Bertz CT molecular complexity index is 320. The van der Waals surface area contributed by atoms with Crippen LogP contribution in [-0.4, -0.2) is 24.9 Å². The third kappa shape index (κ3) is 3.22. The lowest BCUT2D eigenvalue weighted by atomic mass is 9.97. The highest BCUT2D eigenvalue weighted by molar-refractivity contribution is 6.17. The van der Waals surface area contributed by atoms with Gasteiger partial charge in [0, 0.05) is 11.9 Å². The number of benzene rings is 1. The second kappa shape index (κ2) is 5.53. The molecule has 0 aromatic heterocycles. The molecule has 0 aliphatic rings. The van der Waals surface area contributed by atoms with E-state index in [0.29, 0.717) is 11.9 Å². The van der Waals surface area contributed by atoms with E-state index in [0.717, 1.165) is 6.42 Å². The molecule has 0 heterocycles. The smallest absolute Gasteiger partial charge is 0.0355 e. The first-order valence-electron chi connectivity index (χ1n) is 5.35. The van der Waals surface area contributed by atoms with Crippen LogP contribution in [0.5, 0.6) is 0 Å². The van der Waals surface area contributed by atoms with Gasteiger partial charge in [0.05, 0.1) is 0 Å². The molecule has 1 nitrogen and oxygen atoms in total. The molecule has 1 aromatic carbocycles. The third-order valence-corrected chi connectivity index (χ3v) is 3.01. The highest BCUT2D eigenvalue weighted by Crippen LogP contribution is 2.26. The molecule has 0 aliphatic carbocycles. The van der Waals surface area contributed by atoms with E-state index >= 15 is 0 Å². The number of rotatable bonds is 4. The molecule has 0 N–H and O–H groups in total. The minimum absolute atomic E-state index is 0.433. The van der Waals surface area contributed by atoms with E-state index in [-0.39, 0.29) is 0 Å². The molecule has 2 heteroatoms. The Hall–Kier alpha value is -0.530. The van der Waals surface area contributed by atoms with Gasteiger partial charge >= 0.3 is 0 Å². The predicted molar refractivity (Wildman–Crippen MR) is 67.7 cm³/mol. The largest absolute Gasteiger partial charge is 0.302 e. The van der Waals surface area contributed by atoms with Crippen molar-refractivity contribution in [1.82, 2.24) is 4.90 Å². The fourth-order valence-electron chi connectivity index (χ4n) is 1.99. The maximum Gasteiger partial charge on any atom is 0.0355 e. The van der Waals surface area contributed by atoms with Crippen molar-refractivity contribution >= 4 is 11.6 Å². The monoisotopic (exact) mass is 225 g/mol. The van der Waals surface area contributed by atoms with Gasteiger partial charge < -0.3 is 4.90 Å². The molecule has 1 atom stereocenters. The normalized spacial score (nSPS) is 13.2. The summed E-state index contributed by atoms with van der Waals surface area (Å²) >= 11 is 5.85. The summed E-state index contributed by atoms with van der Waals surface area (Å²) in [4.78, 5) is 2.24. The average Bonchev–Trinajstić information content (AvgIpc) is 2.15. The van der Waals surface area contributed by atoms with E-state index in [1.807, 2.05) is 0 Å². The molecule has 1 aromatic rings. The highest BCUT2D eigenvalue weighted by Gasteiger charge is 2.15. The van der Waals surface area contributed by atoms with Crippen LogP contribution in [0.2, 0.25) is 0 Å². The molecule has 0 radical (unpaired) electrons. The van der Waals surface area contributed by atoms with Crippen molar-refractivity contribution in [2.75, 3.05) is 20.0 Å². The molecule has 15 heavy (non-hydrogen) atoms. The summed E-state index contributed by atoms with van der Waals surface area (Å²) in [6, 6.07) is 7.07. The summed E-state index contributed by atoms with van der Waals surface area (Å²) in [5.74, 6) is 0.705. The molecule has 0 bridgehead atoms. The van der Waals surface area contributed by atoms with E-state index in [4.69, 9.17) is 11.6 Å². The van der Waals surface area contributed by atoms with Crippen molar-refractivity contribution in [2.24, 2.45) is 0 Å². The Kier molecular flexibility index (Phi) is 4.62. The zero-order valence-electron chi connectivity index (χ0n) is 10.0. The van der Waals surface area contributed by atoms with Crippen molar-refractivity contribution < 1.29 is 0 Å². The van der Waals surface area contributed by atoms with Crippen molar-refractivity contribution in [3.05, 3.63) is 34.9 Å². The summed E-state index contributed by atoms with van der Waals surface area (Å²) in [7, 11) is 4.22. The van der Waals surface area contributed by atoms with Gasteiger partial charge in [0.25, 0.3) is 0 Å². The molecule has 0 fully saturated rings. The van der Waals surface area contributed by atoms with Crippen LogP contribution < -0.4 is 0 Å². The molecule has 1 rings (SSSR count). The van der Waals surface area contributed by atoms with Crippen molar-refractivity contribution in [1.29, 1.82) is 0 Å². The van der Waals surface area contributed by atoms with Crippen LogP contribution in [-0.2, 0) is 0 Å². The predicted octanol–water partition coefficient (Wildman–Crippen LogP) is 3.54. The van der Waals surface area contributed by atoms with Crippen molar-refractivity contribution in [3.63, 3.8) is 0 Å². The number of nitrogens with zero attached hydrogens (tertiary/aromatic N) is 1. The van der Waals surface area contributed by atoms with Gasteiger partial charge in [-0.1, -0.05) is 23.8 Å². The van der Waals surface area contributed by atoms with Gasteiger partial charge in [-0.15, -0.1) is 11.6 Å². The molecule has 0 aliphatic heterocycles. The van der Waals surface area contributed by atoms with Crippen LogP contribution in [0.25, 0.3) is 0 Å². The summed E-state index contributed by atoms with van der Waals surface area (Å²) in [5, 5.41) is 0.